The first kappa shape index (κ1) is 24.4. The summed E-state index contributed by atoms with van der Waals surface area (Å²) in [5.41, 5.74) is 3.32. The van der Waals surface area contributed by atoms with Gasteiger partial charge in [-0.05, 0) is 31.2 Å². The minimum Gasteiger partial charge on any atom is -0.484 e. The molecule has 0 aliphatic carbocycles. The summed E-state index contributed by atoms with van der Waals surface area (Å²) < 4.78 is 11.1. The lowest BCUT2D eigenvalue weighted by Crippen LogP contribution is -2.49. The first-order valence-corrected chi connectivity index (χ1v) is 12.3. The molecular weight excluding hydrogens is 468 g/mol. The lowest BCUT2D eigenvalue weighted by atomic mass is 10.0. The molecule has 4 aromatic rings. The molecule has 1 saturated heterocycles. The van der Waals surface area contributed by atoms with Crippen molar-refractivity contribution in [2.24, 2.45) is 0 Å². The molecule has 1 aromatic heterocycles. The number of benzene rings is 3. The number of carbonyl (C=O) groups is 2. The molecule has 8 nitrogen and oxygen atoms in total. The Morgan fingerprint density at radius 1 is 0.865 bits per heavy atom. The summed E-state index contributed by atoms with van der Waals surface area (Å²) in [6.07, 6.45) is 0. The number of aromatic nitrogens is 2. The Balaban J connectivity index is 1.07. The Morgan fingerprint density at radius 2 is 1.54 bits per heavy atom. The topological polar surface area (TPSA) is 88.8 Å². The summed E-state index contributed by atoms with van der Waals surface area (Å²) in [5, 5.41) is 4.10. The molecule has 3 aromatic carbocycles. The van der Waals surface area contributed by atoms with Crippen molar-refractivity contribution < 1.29 is 18.8 Å². The molecule has 1 fully saturated rings. The molecule has 5 rings (SSSR count). The number of aryl methyl sites for hydroxylation is 1. The molecule has 0 atom stereocenters. The van der Waals surface area contributed by atoms with Crippen molar-refractivity contribution >= 4 is 11.7 Å². The van der Waals surface area contributed by atoms with Gasteiger partial charge in [-0.2, -0.15) is 4.98 Å². The second-order valence-electron chi connectivity index (χ2n) is 9.04. The standard InChI is InChI=1S/C29H28N4O4/c1-21-7-9-24(10-8-21)29-30-26(37-31-29)19-32-15-17-33(18-16-32)27(34)20-36-25-13-11-23(12-14-25)28(35)22-5-3-2-4-6-22/h2-14H,15-20H2,1H3. The predicted octanol–water partition coefficient (Wildman–Crippen LogP) is 4.00. The van der Waals surface area contributed by atoms with Crippen LogP contribution in [0.25, 0.3) is 11.4 Å². The molecule has 0 N–H and O–H groups in total. The van der Waals surface area contributed by atoms with Gasteiger partial charge in [0, 0.05) is 42.9 Å². The van der Waals surface area contributed by atoms with Gasteiger partial charge >= 0.3 is 0 Å². The maximum Gasteiger partial charge on any atom is 0.260 e. The van der Waals surface area contributed by atoms with Gasteiger partial charge < -0.3 is 14.2 Å². The van der Waals surface area contributed by atoms with Crippen LogP contribution in [0.5, 0.6) is 5.75 Å². The molecule has 0 bridgehead atoms. The highest BCUT2D eigenvalue weighted by atomic mass is 16.5. The van der Waals surface area contributed by atoms with Crippen LogP contribution in [0.2, 0.25) is 0 Å². The summed E-state index contributed by atoms with van der Waals surface area (Å²) in [7, 11) is 0. The van der Waals surface area contributed by atoms with Crippen LogP contribution in [0, 0.1) is 6.92 Å². The summed E-state index contributed by atoms with van der Waals surface area (Å²) in [5.74, 6) is 1.58. The van der Waals surface area contributed by atoms with Crippen molar-refractivity contribution in [3.05, 3.63) is 101 Å². The molecule has 1 amide bonds. The van der Waals surface area contributed by atoms with Crippen molar-refractivity contribution in [2.75, 3.05) is 32.8 Å². The number of ketones is 1. The second kappa shape index (κ2) is 11.2. The van der Waals surface area contributed by atoms with Crippen LogP contribution in [0.4, 0.5) is 0 Å². The smallest absolute Gasteiger partial charge is 0.260 e. The van der Waals surface area contributed by atoms with Crippen LogP contribution in [0.3, 0.4) is 0 Å². The van der Waals surface area contributed by atoms with Gasteiger partial charge in [0.05, 0.1) is 6.54 Å². The molecule has 188 valence electrons. The molecule has 0 spiro atoms. The zero-order chi connectivity index (χ0) is 25.6. The van der Waals surface area contributed by atoms with Gasteiger partial charge in [-0.25, -0.2) is 0 Å². The highest BCUT2D eigenvalue weighted by Crippen LogP contribution is 2.18. The van der Waals surface area contributed by atoms with Crippen molar-refractivity contribution in [3.8, 4) is 17.1 Å². The highest BCUT2D eigenvalue weighted by molar-refractivity contribution is 6.09. The quantitative estimate of drug-likeness (QED) is 0.341. The van der Waals surface area contributed by atoms with Crippen molar-refractivity contribution in [3.63, 3.8) is 0 Å². The SMILES string of the molecule is Cc1ccc(-c2noc(CN3CCN(C(=O)COc4ccc(C(=O)c5ccccc5)cc4)CC3)n2)cc1. The number of nitrogens with zero attached hydrogens (tertiary/aromatic N) is 4. The molecule has 1 aliphatic rings. The molecule has 8 heteroatoms. The number of hydrogen-bond acceptors (Lipinski definition) is 7. The first-order valence-electron chi connectivity index (χ1n) is 12.3. The fourth-order valence-corrected chi connectivity index (χ4v) is 4.18. The Kier molecular flexibility index (Phi) is 7.37. The van der Waals surface area contributed by atoms with Gasteiger partial charge in [-0.1, -0.05) is 65.3 Å². The van der Waals surface area contributed by atoms with Gasteiger partial charge in [-0.15, -0.1) is 0 Å². The third-order valence-corrected chi connectivity index (χ3v) is 6.38. The van der Waals surface area contributed by atoms with Crippen LogP contribution < -0.4 is 4.74 Å². The predicted molar refractivity (Wildman–Crippen MR) is 138 cm³/mol. The Labute approximate surface area is 215 Å². The lowest BCUT2D eigenvalue weighted by Gasteiger charge is -2.33. The fourth-order valence-electron chi connectivity index (χ4n) is 4.18. The number of hydrogen-bond donors (Lipinski definition) is 0. The molecular formula is C29H28N4O4. The molecule has 0 saturated carbocycles. The van der Waals surface area contributed by atoms with E-state index in [9.17, 15) is 9.59 Å². The number of carbonyl (C=O) groups excluding carboxylic acids is 2. The number of ether oxygens (including phenoxy) is 1. The zero-order valence-corrected chi connectivity index (χ0v) is 20.7. The Hall–Kier alpha value is -4.30. The largest absolute Gasteiger partial charge is 0.484 e. The first-order chi connectivity index (χ1) is 18.0. The summed E-state index contributed by atoms with van der Waals surface area (Å²) in [4.78, 5) is 33.7. The molecule has 0 radical (unpaired) electrons. The normalized spacial score (nSPS) is 13.9. The van der Waals surface area contributed by atoms with Gasteiger partial charge in [0.2, 0.25) is 11.7 Å². The maximum absolute atomic E-state index is 12.7. The molecule has 1 aliphatic heterocycles. The van der Waals surface area contributed by atoms with E-state index in [-0.39, 0.29) is 18.3 Å². The van der Waals surface area contributed by atoms with E-state index in [0.29, 0.717) is 61.3 Å². The van der Waals surface area contributed by atoms with Crippen molar-refractivity contribution in [1.29, 1.82) is 0 Å². The average molecular weight is 497 g/mol. The Bertz CT molecular complexity index is 1340. The summed E-state index contributed by atoms with van der Waals surface area (Å²) in [6, 6.07) is 24.0. The van der Waals surface area contributed by atoms with E-state index in [2.05, 4.69) is 15.0 Å². The van der Waals surface area contributed by atoms with E-state index >= 15 is 0 Å². The maximum atomic E-state index is 12.7. The van der Waals surface area contributed by atoms with Gasteiger partial charge in [0.25, 0.3) is 5.91 Å². The van der Waals surface area contributed by atoms with E-state index in [1.165, 1.54) is 5.56 Å². The minimum atomic E-state index is -0.0662. The van der Waals surface area contributed by atoms with Crippen LogP contribution in [-0.2, 0) is 11.3 Å². The van der Waals surface area contributed by atoms with E-state index in [4.69, 9.17) is 9.26 Å². The highest BCUT2D eigenvalue weighted by Gasteiger charge is 2.23. The molecule has 37 heavy (non-hydrogen) atoms. The summed E-state index contributed by atoms with van der Waals surface area (Å²) >= 11 is 0. The molecule has 0 unspecified atom stereocenters. The van der Waals surface area contributed by atoms with Gasteiger partial charge in [0.1, 0.15) is 5.75 Å². The van der Waals surface area contributed by atoms with Crippen LogP contribution in [0.15, 0.2) is 83.4 Å². The third-order valence-electron chi connectivity index (χ3n) is 6.38. The second-order valence-corrected chi connectivity index (χ2v) is 9.04. The Morgan fingerprint density at radius 3 is 2.24 bits per heavy atom. The van der Waals surface area contributed by atoms with E-state index in [1.807, 2.05) is 49.4 Å². The zero-order valence-electron chi connectivity index (χ0n) is 20.7. The van der Waals surface area contributed by atoms with Crippen molar-refractivity contribution in [1.82, 2.24) is 19.9 Å². The van der Waals surface area contributed by atoms with E-state index in [1.54, 1.807) is 41.3 Å². The van der Waals surface area contributed by atoms with E-state index < -0.39 is 0 Å². The monoisotopic (exact) mass is 496 g/mol. The van der Waals surface area contributed by atoms with Crippen LogP contribution >= 0.6 is 0 Å². The number of amides is 1. The van der Waals surface area contributed by atoms with E-state index in [0.717, 1.165) is 5.56 Å². The van der Waals surface area contributed by atoms with Crippen LogP contribution in [0.1, 0.15) is 27.4 Å². The minimum absolute atomic E-state index is 0.0461. The number of piperazine rings is 1. The van der Waals surface area contributed by atoms with Gasteiger partial charge in [-0.3, -0.25) is 14.5 Å². The average Bonchev–Trinajstić information content (AvgIpc) is 3.41. The lowest BCUT2D eigenvalue weighted by molar-refractivity contribution is -0.135. The third kappa shape index (κ3) is 6.10. The molecule has 2 heterocycles. The fraction of sp³-hybridized carbons (Fsp3) is 0.241. The van der Waals surface area contributed by atoms with Crippen LogP contribution in [-0.4, -0.2) is 64.4 Å². The summed E-state index contributed by atoms with van der Waals surface area (Å²) in [6.45, 7) is 5.17. The van der Waals surface area contributed by atoms with Gasteiger partial charge in [0.15, 0.2) is 12.4 Å². The number of rotatable bonds is 8. The van der Waals surface area contributed by atoms with Crippen molar-refractivity contribution in [2.45, 2.75) is 13.5 Å².